The van der Waals surface area contributed by atoms with Crippen LogP contribution in [0.15, 0.2) is 35.4 Å². The molecule has 20 heavy (non-hydrogen) atoms. The van der Waals surface area contributed by atoms with Gasteiger partial charge in [-0.25, -0.2) is 4.98 Å². The van der Waals surface area contributed by atoms with Crippen molar-refractivity contribution in [3.63, 3.8) is 0 Å². The average molecular weight is 289 g/mol. The van der Waals surface area contributed by atoms with Gasteiger partial charge in [-0.3, -0.25) is 10.1 Å². The van der Waals surface area contributed by atoms with E-state index in [0.717, 1.165) is 16.3 Å². The maximum atomic E-state index is 10.7. The van der Waals surface area contributed by atoms with Gasteiger partial charge in [-0.15, -0.1) is 11.8 Å². The molecule has 2 rings (SSSR count). The smallest absolute Gasteiger partial charge is 0.292 e. The summed E-state index contributed by atoms with van der Waals surface area (Å²) in [6, 6.07) is 8.86. The monoisotopic (exact) mass is 289 g/mol. The number of aryl methyl sites for hydroxylation is 2. The van der Waals surface area contributed by atoms with Crippen LogP contribution >= 0.6 is 11.8 Å². The highest BCUT2D eigenvalue weighted by Crippen LogP contribution is 2.27. The number of hydrogen-bond acceptors (Lipinski definition) is 5. The Morgan fingerprint density at radius 2 is 2.05 bits per heavy atom. The zero-order chi connectivity index (χ0) is 14.7. The highest BCUT2D eigenvalue weighted by Gasteiger charge is 2.11. The zero-order valence-electron chi connectivity index (χ0n) is 11.3. The standard InChI is InChI=1S/C14H15N3O2S/c1-9-5-10(2)16-14(6-9)20-8-11-3-4-13(17(18)19)12(15)7-11/h3-7H,8,15H2,1-2H3. The number of nitrogen functional groups attached to an aromatic ring is 1. The number of nitro groups is 1. The van der Waals surface area contributed by atoms with E-state index in [1.165, 1.54) is 11.6 Å². The van der Waals surface area contributed by atoms with Crippen LogP contribution < -0.4 is 5.73 Å². The predicted molar refractivity (Wildman–Crippen MR) is 80.8 cm³/mol. The topological polar surface area (TPSA) is 82.0 Å². The van der Waals surface area contributed by atoms with E-state index < -0.39 is 4.92 Å². The molecule has 1 aromatic carbocycles. The molecular weight excluding hydrogens is 274 g/mol. The van der Waals surface area contributed by atoms with Gasteiger partial charge in [0.25, 0.3) is 5.69 Å². The van der Waals surface area contributed by atoms with Crippen LogP contribution in [0.25, 0.3) is 0 Å². The molecule has 1 aromatic heterocycles. The molecule has 0 unspecified atom stereocenters. The highest BCUT2D eigenvalue weighted by atomic mass is 32.2. The summed E-state index contributed by atoms with van der Waals surface area (Å²) in [6.45, 7) is 3.99. The molecule has 0 fully saturated rings. The molecule has 2 aromatic rings. The number of aromatic nitrogens is 1. The van der Waals surface area contributed by atoms with Crippen LogP contribution in [-0.4, -0.2) is 9.91 Å². The average Bonchev–Trinajstić information content (AvgIpc) is 2.35. The van der Waals surface area contributed by atoms with Crippen molar-refractivity contribution in [1.82, 2.24) is 4.98 Å². The maximum absolute atomic E-state index is 10.7. The Labute approximate surface area is 121 Å². The third kappa shape index (κ3) is 3.48. The first-order valence-corrected chi connectivity index (χ1v) is 7.05. The summed E-state index contributed by atoms with van der Waals surface area (Å²) in [6.07, 6.45) is 0. The number of nitrogens with zero attached hydrogens (tertiary/aromatic N) is 2. The summed E-state index contributed by atoms with van der Waals surface area (Å²) in [5, 5.41) is 11.6. The lowest BCUT2D eigenvalue weighted by molar-refractivity contribution is -0.383. The number of nitro benzene ring substituents is 1. The Hall–Kier alpha value is -2.08. The molecule has 0 atom stereocenters. The molecule has 0 amide bonds. The fourth-order valence-corrected chi connectivity index (χ4v) is 2.87. The van der Waals surface area contributed by atoms with E-state index in [0.29, 0.717) is 5.75 Å². The number of pyridine rings is 1. The second-order valence-corrected chi connectivity index (χ2v) is 5.56. The van der Waals surface area contributed by atoms with Crippen molar-refractivity contribution in [2.75, 3.05) is 5.73 Å². The van der Waals surface area contributed by atoms with Crippen molar-refractivity contribution >= 4 is 23.1 Å². The summed E-state index contributed by atoms with van der Waals surface area (Å²) in [5.41, 5.74) is 8.91. The molecule has 104 valence electrons. The molecule has 1 heterocycles. The van der Waals surface area contributed by atoms with Gasteiger partial charge >= 0.3 is 0 Å². The highest BCUT2D eigenvalue weighted by molar-refractivity contribution is 7.98. The van der Waals surface area contributed by atoms with E-state index in [1.807, 2.05) is 26.0 Å². The molecule has 0 radical (unpaired) electrons. The second kappa shape index (κ2) is 5.92. The Morgan fingerprint density at radius 3 is 2.65 bits per heavy atom. The van der Waals surface area contributed by atoms with Crippen LogP contribution in [0.4, 0.5) is 11.4 Å². The fourth-order valence-electron chi connectivity index (χ4n) is 1.90. The number of benzene rings is 1. The van der Waals surface area contributed by atoms with Crippen LogP contribution in [-0.2, 0) is 5.75 Å². The van der Waals surface area contributed by atoms with Crippen molar-refractivity contribution in [2.45, 2.75) is 24.6 Å². The van der Waals surface area contributed by atoms with Crippen molar-refractivity contribution in [2.24, 2.45) is 0 Å². The van der Waals surface area contributed by atoms with E-state index in [1.54, 1.807) is 23.9 Å². The molecule has 0 saturated heterocycles. The van der Waals surface area contributed by atoms with Gasteiger partial charge in [0.05, 0.1) is 9.95 Å². The van der Waals surface area contributed by atoms with Crippen LogP contribution in [0.3, 0.4) is 0 Å². The first kappa shape index (κ1) is 14.3. The van der Waals surface area contributed by atoms with E-state index >= 15 is 0 Å². The number of hydrogen-bond donors (Lipinski definition) is 1. The van der Waals surface area contributed by atoms with Gasteiger partial charge < -0.3 is 5.73 Å². The summed E-state index contributed by atoms with van der Waals surface area (Å²) in [5.74, 6) is 0.679. The Balaban J connectivity index is 2.11. The number of rotatable bonds is 4. The first-order chi connectivity index (χ1) is 9.45. The molecule has 0 saturated carbocycles. The Morgan fingerprint density at radius 1 is 1.30 bits per heavy atom. The normalized spacial score (nSPS) is 10.5. The molecule has 5 nitrogen and oxygen atoms in total. The van der Waals surface area contributed by atoms with Gasteiger partial charge in [-0.2, -0.15) is 0 Å². The van der Waals surface area contributed by atoms with Gasteiger partial charge in [0.15, 0.2) is 0 Å². The molecule has 0 aliphatic carbocycles. The number of thioether (sulfide) groups is 1. The lowest BCUT2D eigenvalue weighted by Crippen LogP contribution is -1.96. The summed E-state index contributed by atoms with van der Waals surface area (Å²) in [7, 11) is 0. The minimum absolute atomic E-state index is 0.0525. The SMILES string of the molecule is Cc1cc(C)nc(SCc2ccc([N+](=O)[O-])c(N)c2)c1. The van der Waals surface area contributed by atoms with Crippen LogP contribution in [0.2, 0.25) is 0 Å². The maximum Gasteiger partial charge on any atom is 0.292 e. The van der Waals surface area contributed by atoms with Gasteiger partial charge in [0.2, 0.25) is 0 Å². The van der Waals surface area contributed by atoms with Crippen molar-refractivity contribution in [1.29, 1.82) is 0 Å². The second-order valence-electron chi connectivity index (χ2n) is 4.56. The van der Waals surface area contributed by atoms with Gasteiger partial charge in [0, 0.05) is 17.5 Å². The van der Waals surface area contributed by atoms with Crippen LogP contribution in [0, 0.1) is 24.0 Å². The lowest BCUT2D eigenvalue weighted by atomic mass is 10.2. The quantitative estimate of drug-likeness (QED) is 0.403. The first-order valence-electron chi connectivity index (χ1n) is 6.06. The van der Waals surface area contributed by atoms with Crippen molar-refractivity contribution in [3.05, 3.63) is 57.3 Å². The molecule has 2 N–H and O–H groups in total. The van der Waals surface area contributed by atoms with Gasteiger partial charge in [0.1, 0.15) is 5.69 Å². The summed E-state index contributed by atoms with van der Waals surface area (Å²) >= 11 is 1.59. The third-order valence-corrected chi connectivity index (χ3v) is 3.73. The van der Waals surface area contributed by atoms with Crippen molar-refractivity contribution < 1.29 is 4.92 Å². The van der Waals surface area contributed by atoms with Crippen LogP contribution in [0.1, 0.15) is 16.8 Å². The van der Waals surface area contributed by atoms with E-state index in [4.69, 9.17) is 5.73 Å². The zero-order valence-corrected chi connectivity index (χ0v) is 12.1. The summed E-state index contributed by atoms with van der Waals surface area (Å²) < 4.78 is 0. The molecule has 0 aliphatic heterocycles. The molecule has 0 aliphatic rings. The minimum atomic E-state index is -0.474. The predicted octanol–water partition coefficient (Wildman–Crippen LogP) is 3.48. The third-order valence-electron chi connectivity index (χ3n) is 2.75. The van der Waals surface area contributed by atoms with Gasteiger partial charge in [-0.1, -0.05) is 6.07 Å². The molecular formula is C14H15N3O2S. The Bertz CT molecular complexity index is 639. The molecule has 6 heteroatoms. The van der Waals surface area contributed by atoms with Crippen molar-refractivity contribution in [3.8, 4) is 0 Å². The lowest BCUT2D eigenvalue weighted by Gasteiger charge is -2.05. The molecule has 0 spiro atoms. The van der Waals surface area contributed by atoms with Crippen LogP contribution in [0.5, 0.6) is 0 Å². The largest absolute Gasteiger partial charge is 0.393 e. The van der Waals surface area contributed by atoms with E-state index in [2.05, 4.69) is 4.98 Å². The summed E-state index contributed by atoms with van der Waals surface area (Å²) in [4.78, 5) is 14.7. The fraction of sp³-hybridized carbons (Fsp3) is 0.214. The van der Waals surface area contributed by atoms with Gasteiger partial charge in [-0.05, 0) is 43.2 Å². The van der Waals surface area contributed by atoms with E-state index in [-0.39, 0.29) is 11.4 Å². The van der Waals surface area contributed by atoms with E-state index in [9.17, 15) is 10.1 Å². The number of anilines is 1. The number of nitrogens with two attached hydrogens (primary N) is 1. The Kier molecular flexibility index (Phi) is 4.24. The molecule has 0 bridgehead atoms. The minimum Gasteiger partial charge on any atom is -0.393 e.